The van der Waals surface area contributed by atoms with Crippen molar-refractivity contribution in [3.8, 4) is 11.5 Å². The molecule has 2 aromatic rings. The number of benzene rings is 1. The minimum absolute atomic E-state index is 0.225. The first-order valence-corrected chi connectivity index (χ1v) is 6.78. The Morgan fingerprint density at radius 1 is 1.42 bits per heavy atom. The van der Waals surface area contributed by atoms with Crippen LogP contribution in [0.3, 0.4) is 0 Å². The van der Waals surface area contributed by atoms with Crippen LogP contribution in [0.1, 0.15) is 11.3 Å². The van der Waals surface area contributed by atoms with Gasteiger partial charge in [-0.15, -0.1) is 11.3 Å². The second-order valence-electron chi connectivity index (χ2n) is 3.89. The van der Waals surface area contributed by atoms with E-state index in [0.29, 0.717) is 16.5 Å². The summed E-state index contributed by atoms with van der Waals surface area (Å²) in [6.07, 6.45) is 1.63. The standard InChI is InChI=1S/C12H10ClN3O2S/c1-7-5-19-12(15-7)16-14-4-8-2-10-11(3-9(8)13)18-6-17-10/h2-5H,6H2,1H3,(H,15,16). The van der Waals surface area contributed by atoms with E-state index in [1.807, 2.05) is 12.3 Å². The lowest BCUT2D eigenvalue weighted by atomic mass is 10.2. The van der Waals surface area contributed by atoms with Crippen molar-refractivity contribution >= 4 is 34.3 Å². The first-order chi connectivity index (χ1) is 9.22. The Kier molecular flexibility index (Phi) is 3.27. The molecule has 19 heavy (non-hydrogen) atoms. The highest BCUT2D eigenvalue weighted by Gasteiger charge is 2.15. The van der Waals surface area contributed by atoms with Crippen molar-refractivity contribution < 1.29 is 9.47 Å². The lowest BCUT2D eigenvalue weighted by Gasteiger charge is -2.01. The average Bonchev–Trinajstić information content (AvgIpc) is 2.98. The van der Waals surface area contributed by atoms with Crippen LogP contribution in [-0.2, 0) is 0 Å². The van der Waals surface area contributed by atoms with E-state index < -0.39 is 0 Å². The molecule has 0 amide bonds. The Morgan fingerprint density at radius 3 is 2.95 bits per heavy atom. The van der Waals surface area contributed by atoms with Gasteiger partial charge in [-0.05, 0) is 13.0 Å². The number of rotatable bonds is 3. The highest BCUT2D eigenvalue weighted by atomic mass is 35.5. The monoisotopic (exact) mass is 295 g/mol. The molecule has 1 N–H and O–H groups in total. The molecule has 98 valence electrons. The van der Waals surface area contributed by atoms with E-state index in [0.717, 1.165) is 16.4 Å². The predicted octanol–water partition coefficient (Wildman–Crippen LogP) is 3.28. The molecule has 0 atom stereocenters. The molecule has 1 aliphatic rings. The summed E-state index contributed by atoms with van der Waals surface area (Å²) in [5.74, 6) is 1.33. The van der Waals surface area contributed by atoms with E-state index >= 15 is 0 Å². The van der Waals surface area contributed by atoms with Crippen LogP contribution in [0, 0.1) is 6.92 Å². The smallest absolute Gasteiger partial charge is 0.231 e. The second-order valence-corrected chi connectivity index (χ2v) is 5.16. The van der Waals surface area contributed by atoms with E-state index in [1.165, 1.54) is 11.3 Å². The van der Waals surface area contributed by atoms with Gasteiger partial charge in [-0.25, -0.2) is 4.98 Å². The average molecular weight is 296 g/mol. The van der Waals surface area contributed by atoms with Crippen LogP contribution in [-0.4, -0.2) is 18.0 Å². The molecule has 1 aliphatic heterocycles. The summed E-state index contributed by atoms with van der Waals surface area (Å²) in [6.45, 7) is 2.16. The van der Waals surface area contributed by atoms with Crippen molar-refractivity contribution in [1.29, 1.82) is 0 Å². The maximum Gasteiger partial charge on any atom is 0.231 e. The Balaban J connectivity index is 1.76. The third-order valence-corrected chi connectivity index (χ3v) is 3.67. The number of fused-ring (bicyclic) bond motifs is 1. The number of ether oxygens (including phenoxy) is 2. The van der Waals surface area contributed by atoms with Gasteiger partial charge >= 0.3 is 0 Å². The molecule has 0 aliphatic carbocycles. The molecule has 7 heteroatoms. The van der Waals surface area contributed by atoms with E-state index in [1.54, 1.807) is 18.3 Å². The van der Waals surface area contributed by atoms with Crippen molar-refractivity contribution in [1.82, 2.24) is 4.98 Å². The first kappa shape index (κ1) is 12.3. The number of halogens is 1. The van der Waals surface area contributed by atoms with Crippen molar-refractivity contribution in [3.05, 3.63) is 33.8 Å². The summed E-state index contributed by atoms with van der Waals surface area (Å²) < 4.78 is 10.5. The summed E-state index contributed by atoms with van der Waals surface area (Å²) >= 11 is 7.62. The molecule has 0 saturated carbocycles. The quantitative estimate of drug-likeness (QED) is 0.697. The molecule has 1 aromatic carbocycles. The fourth-order valence-corrected chi connectivity index (χ4v) is 2.43. The number of hydrazone groups is 1. The molecular weight excluding hydrogens is 286 g/mol. The van der Waals surface area contributed by atoms with Crippen LogP contribution in [0.4, 0.5) is 5.13 Å². The fraction of sp³-hybridized carbons (Fsp3) is 0.167. The lowest BCUT2D eigenvalue weighted by molar-refractivity contribution is 0.174. The lowest BCUT2D eigenvalue weighted by Crippen LogP contribution is -1.93. The van der Waals surface area contributed by atoms with Gasteiger partial charge in [0.2, 0.25) is 11.9 Å². The topological polar surface area (TPSA) is 55.7 Å². The summed E-state index contributed by atoms with van der Waals surface area (Å²) in [7, 11) is 0. The Hall–Kier alpha value is -1.79. The molecule has 3 rings (SSSR count). The number of hydrogen-bond donors (Lipinski definition) is 1. The van der Waals surface area contributed by atoms with Crippen LogP contribution in [0.2, 0.25) is 5.02 Å². The van der Waals surface area contributed by atoms with Gasteiger partial charge in [0.25, 0.3) is 0 Å². The Morgan fingerprint density at radius 2 is 2.21 bits per heavy atom. The molecule has 0 unspecified atom stereocenters. The minimum Gasteiger partial charge on any atom is -0.454 e. The van der Waals surface area contributed by atoms with E-state index in [9.17, 15) is 0 Å². The number of aromatic nitrogens is 1. The minimum atomic E-state index is 0.225. The van der Waals surface area contributed by atoms with Gasteiger partial charge in [-0.1, -0.05) is 11.6 Å². The number of aryl methyl sites for hydroxylation is 1. The highest BCUT2D eigenvalue weighted by Crippen LogP contribution is 2.36. The van der Waals surface area contributed by atoms with E-state index in [2.05, 4.69) is 15.5 Å². The van der Waals surface area contributed by atoms with Crippen LogP contribution in [0.15, 0.2) is 22.6 Å². The Labute approximate surface area is 118 Å². The van der Waals surface area contributed by atoms with Crippen LogP contribution < -0.4 is 14.9 Å². The zero-order chi connectivity index (χ0) is 13.2. The fourth-order valence-electron chi connectivity index (χ4n) is 1.59. The summed E-state index contributed by atoms with van der Waals surface area (Å²) in [4.78, 5) is 4.24. The molecule has 2 heterocycles. The third kappa shape index (κ3) is 2.64. The van der Waals surface area contributed by atoms with Gasteiger partial charge in [-0.2, -0.15) is 5.10 Å². The zero-order valence-electron chi connectivity index (χ0n) is 10.0. The van der Waals surface area contributed by atoms with E-state index in [4.69, 9.17) is 21.1 Å². The molecule has 0 bridgehead atoms. The predicted molar refractivity (Wildman–Crippen MR) is 75.6 cm³/mol. The number of hydrogen-bond acceptors (Lipinski definition) is 6. The van der Waals surface area contributed by atoms with Crippen molar-refractivity contribution in [2.24, 2.45) is 5.10 Å². The van der Waals surface area contributed by atoms with Crippen molar-refractivity contribution in [2.75, 3.05) is 12.2 Å². The number of nitrogens with zero attached hydrogens (tertiary/aromatic N) is 2. The highest BCUT2D eigenvalue weighted by molar-refractivity contribution is 7.13. The molecule has 0 radical (unpaired) electrons. The van der Waals surface area contributed by atoms with Crippen LogP contribution >= 0.6 is 22.9 Å². The molecule has 5 nitrogen and oxygen atoms in total. The molecule has 0 spiro atoms. The zero-order valence-corrected chi connectivity index (χ0v) is 11.6. The number of thiazole rings is 1. The maximum atomic E-state index is 6.13. The van der Waals surface area contributed by atoms with Crippen LogP contribution in [0.5, 0.6) is 11.5 Å². The normalized spacial score (nSPS) is 13.2. The molecule has 0 saturated heterocycles. The summed E-state index contributed by atoms with van der Waals surface area (Å²) in [6, 6.07) is 3.52. The first-order valence-electron chi connectivity index (χ1n) is 5.53. The number of nitrogens with one attached hydrogen (secondary N) is 1. The summed E-state index contributed by atoms with van der Waals surface area (Å²) in [5, 5.41) is 7.36. The van der Waals surface area contributed by atoms with Gasteiger partial charge in [0, 0.05) is 17.0 Å². The van der Waals surface area contributed by atoms with E-state index in [-0.39, 0.29) is 6.79 Å². The van der Waals surface area contributed by atoms with Gasteiger partial charge < -0.3 is 9.47 Å². The van der Waals surface area contributed by atoms with Crippen molar-refractivity contribution in [3.63, 3.8) is 0 Å². The largest absolute Gasteiger partial charge is 0.454 e. The van der Waals surface area contributed by atoms with Gasteiger partial charge in [0.1, 0.15) is 0 Å². The number of anilines is 1. The van der Waals surface area contributed by atoms with Gasteiger partial charge in [0.15, 0.2) is 11.5 Å². The SMILES string of the molecule is Cc1csc(NN=Cc2cc3c(cc2Cl)OCO3)n1. The maximum absolute atomic E-state index is 6.13. The molecular formula is C12H10ClN3O2S. The molecule has 0 fully saturated rings. The van der Waals surface area contributed by atoms with Gasteiger partial charge in [0.05, 0.1) is 16.9 Å². The van der Waals surface area contributed by atoms with Crippen molar-refractivity contribution in [2.45, 2.75) is 6.92 Å². The van der Waals surface area contributed by atoms with Crippen LogP contribution in [0.25, 0.3) is 0 Å². The van der Waals surface area contributed by atoms with Gasteiger partial charge in [-0.3, -0.25) is 5.43 Å². The summed E-state index contributed by atoms with van der Waals surface area (Å²) in [5.41, 5.74) is 4.57. The molecule has 1 aromatic heterocycles. The Bertz CT molecular complexity index is 642. The second kappa shape index (κ2) is 5.07. The third-order valence-electron chi connectivity index (χ3n) is 2.47.